The van der Waals surface area contributed by atoms with Crippen molar-refractivity contribution in [2.24, 2.45) is 0 Å². The van der Waals surface area contributed by atoms with Gasteiger partial charge < -0.3 is 10.1 Å². The van der Waals surface area contributed by atoms with Crippen molar-refractivity contribution in [1.82, 2.24) is 5.32 Å². The van der Waals surface area contributed by atoms with Crippen molar-refractivity contribution >= 4 is 5.91 Å². The first-order valence-electron chi connectivity index (χ1n) is 3.66. The van der Waals surface area contributed by atoms with Gasteiger partial charge in [-0.1, -0.05) is 0 Å². The second kappa shape index (κ2) is 2.42. The molecule has 0 saturated heterocycles. The zero-order valence-corrected chi connectivity index (χ0v) is 6.09. The van der Waals surface area contributed by atoms with Gasteiger partial charge in [0.2, 0.25) is 5.91 Å². The van der Waals surface area contributed by atoms with Crippen LogP contribution in [0, 0.1) is 0 Å². The summed E-state index contributed by atoms with van der Waals surface area (Å²) >= 11 is 0. The minimum absolute atomic E-state index is 0.107. The molecule has 0 bridgehead atoms. The standard InChI is InChI=1S/C8H9NO2/c10-8-2-1-6-5-11-4-3-7(6)9-8/h3-4H,1-2,5H2,(H,9,10). The zero-order valence-electron chi connectivity index (χ0n) is 6.09. The van der Waals surface area contributed by atoms with Gasteiger partial charge in [-0.2, -0.15) is 0 Å². The van der Waals surface area contributed by atoms with Crippen molar-refractivity contribution in [2.75, 3.05) is 6.61 Å². The van der Waals surface area contributed by atoms with Crippen molar-refractivity contribution in [3.63, 3.8) is 0 Å². The molecule has 58 valence electrons. The number of allylic oxidation sites excluding steroid dienone is 1. The lowest BCUT2D eigenvalue weighted by molar-refractivity contribution is -0.120. The van der Waals surface area contributed by atoms with E-state index in [1.807, 2.05) is 0 Å². The Balaban J connectivity index is 2.26. The van der Waals surface area contributed by atoms with Gasteiger partial charge in [0.15, 0.2) is 0 Å². The highest BCUT2D eigenvalue weighted by Gasteiger charge is 2.17. The summed E-state index contributed by atoms with van der Waals surface area (Å²) in [5, 5.41) is 2.79. The average Bonchev–Trinajstić information content (AvgIpc) is 2.04. The summed E-state index contributed by atoms with van der Waals surface area (Å²) in [4.78, 5) is 10.9. The van der Waals surface area contributed by atoms with Crippen LogP contribution in [-0.2, 0) is 9.53 Å². The second-order valence-electron chi connectivity index (χ2n) is 2.68. The summed E-state index contributed by atoms with van der Waals surface area (Å²) in [6.45, 7) is 0.631. The summed E-state index contributed by atoms with van der Waals surface area (Å²) in [7, 11) is 0. The molecule has 0 spiro atoms. The van der Waals surface area contributed by atoms with Gasteiger partial charge in [0.25, 0.3) is 0 Å². The molecule has 1 amide bonds. The summed E-state index contributed by atoms with van der Waals surface area (Å²) in [5.41, 5.74) is 2.14. The lowest BCUT2D eigenvalue weighted by atomic mass is 10.0. The maximum absolute atomic E-state index is 10.9. The first-order chi connectivity index (χ1) is 5.36. The number of amides is 1. The van der Waals surface area contributed by atoms with Crippen LogP contribution in [0.3, 0.4) is 0 Å². The third kappa shape index (κ3) is 1.13. The molecule has 0 unspecified atom stereocenters. The zero-order chi connectivity index (χ0) is 7.68. The summed E-state index contributed by atoms with van der Waals surface area (Å²) in [6.07, 6.45) is 4.85. The van der Waals surface area contributed by atoms with Crippen molar-refractivity contribution in [1.29, 1.82) is 0 Å². The molecular weight excluding hydrogens is 142 g/mol. The predicted octanol–water partition coefficient (Wildman–Crippen LogP) is 0.694. The van der Waals surface area contributed by atoms with Crippen molar-refractivity contribution in [3.8, 4) is 0 Å². The Labute approximate surface area is 64.7 Å². The second-order valence-corrected chi connectivity index (χ2v) is 2.68. The number of nitrogens with one attached hydrogen (secondary N) is 1. The van der Waals surface area contributed by atoms with Crippen LogP contribution >= 0.6 is 0 Å². The Morgan fingerprint density at radius 2 is 2.36 bits per heavy atom. The van der Waals surface area contributed by atoms with Gasteiger partial charge in [-0.25, -0.2) is 0 Å². The highest BCUT2D eigenvalue weighted by molar-refractivity contribution is 5.80. The first kappa shape index (κ1) is 6.46. The average molecular weight is 151 g/mol. The molecule has 0 saturated carbocycles. The monoisotopic (exact) mass is 151 g/mol. The van der Waals surface area contributed by atoms with Gasteiger partial charge in [-0.15, -0.1) is 0 Å². The fourth-order valence-corrected chi connectivity index (χ4v) is 1.27. The maximum Gasteiger partial charge on any atom is 0.224 e. The fourth-order valence-electron chi connectivity index (χ4n) is 1.27. The molecule has 3 nitrogen and oxygen atoms in total. The third-order valence-electron chi connectivity index (χ3n) is 1.90. The Hall–Kier alpha value is -1.25. The Bertz CT molecular complexity index is 253. The predicted molar refractivity (Wildman–Crippen MR) is 39.5 cm³/mol. The lowest BCUT2D eigenvalue weighted by Gasteiger charge is -2.21. The van der Waals surface area contributed by atoms with E-state index in [1.54, 1.807) is 12.3 Å². The number of carbonyl (C=O) groups is 1. The minimum Gasteiger partial charge on any atom is -0.497 e. The molecule has 3 heteroatoms. The van der Waals surface area contributed by atoms with Gasteiger partial charge in [0, 0.05) is 12.1 Å². The molecule has 0 radical (unpaired) electrons. The maximum atomic E-state index is 10.9. The molecule has 2 heterocycles. The van der Waals surface area contributed by atoms with Crippen LogP contribution in [0.5, 0.6) is 0 Å². The van der Waals surface area contributed by atoms with E-state index in [0.717, 1.165) is 12.1 Å². The molecule has 0 aromatic rings. The number of ether oxygens (including phenoxy) is 1. The molecule has 0 fully saturated rings. The molecule has 0 atom stereocenters. The van der Waals surface area contributed by atoms with Gasteiger partial charge in [0.1, 0.15) is 6.61 Å². The van der Waals surface area contributed by atoms with E-state index >= 15 is 0 Å². The number of hydrogen-bond acceptors (Lipinski definition) is 2. The molecule has 2 aliphatic heterocycles. The van der Waals surface area contributed by atoms with Crippen molar-refractivity contribution < 1.29 is 9.53 Å². The molecule has 2 rings (SSSR count). The topological polar surface area (TPSA) is 38.3 Å². The minimum atomic E-state index is 0.107. The SMILES string of the molecule is O=C1CCC2=C(C=COC2)N1. The van der Waals surface area contributed by atoms with E-state index in [4.69, 9.17) is 4.74 Å². The van der Waals surface area contributed by atoms with E-state index in [1.165, 1.54) is 5.57 Å². The molecule has 0 aliphatic carbocycles. The van der Waals surface area contributed by atoms with E-state index in [9.17, 15) is 4.79 Å². The molecule has 11 heavy (non-hydrogen) atoms. The van der Waals surface area contributed by atoms with Gasteiger partial charge in [-0.3, -0.25) is 4.79 Å². The Morgan fingerprint density at radius 1 is 1.45 bits per heavy atom. The number of carbonyl (C=O) groups excluding carboxylic acids is 1. The summed E-state index contributed by atoms with van der Waals surface area (Å²) in [5.74, 6) is 0.107. The van der Waals surface area contributed by atoms with E-state index in [2.05, 4.69) is 5.32 Å². The summed E-state index contributed by atoms with van der Waals surface area (Å²) < 4.78 is 5.08. The van der Waals surface area contributed by atoms with Crippen molar-refractivity contribution in [2.45, 2.75) is 12.8 Å². The molecule has 0 aromatic carbocycles. The molecule has 1 N–H and O–H groups in total. The lowest BCUT2D eigenvalue weighted by Crippen LogP contribution is -2.29. The Kier molecular flexibility index (Phi) is 1.42. The summed E-state index contributed by atoms with van der Waals surface area (Å²) in [6, 6.07) is 0. The van der Waals surface area contributed by atoms with Crippen LogP contribution in [0.4, 0.5) is 0 Å². The van der Waals surface area contributed by atoms with Crippen molar-refractivity contribution in [3.05, 3.63) is 23.6 Å². The van der Waals surface area contributed by atoms with Gasteiger partial charge in [-0.05, 0) is 18.1 Å². The van der Waals surface area contributed by atoms with Crippen LogP contribution in [0.15, 0.2) is 23.6 Å². The van der Waals surface area contributed by atoms with E-state index in [0.29, 0.717) is 13.0 Å². The smallest absolute Gasteiger partial charge is 0.224 e. The molecule has 0 aromatic heterocycles. The fraction of sp³-hybridized carbons (Fsp3) is 0.375. The van der Waals surface area contributed by atoms with Crippen LogP contribution in [0.25, 0.3) is 0 Å². The highest BCUT2D eigenvalue weighted by Crippen LogP contribution is 2.19. The van der Waals surface area contributed by atoms with Crippen LogP contribution in [-0.4, -0.2) is 12.5 Å². The van der Waals surface area contributed by atoms with E-state index in [-0.39, 0.29) is 5.91 Å². The van der Waals surface area contributed by atoms with Crippen LogP contribution in [0.2, 0.25) is 0 Å². The normalized spacial score (nSPS) is 22.4. The van der Waals surface area contributed by atoms with E-state index < -0.39 is 0 Å². The number of hydrogen-bond donors (Lipinski definition) is 1. The van der Waals surface area contributed by atoms with Crippen LogP contribution < -0.4 is 5.32 Å². The molecule has 2 aliphatic rings. The largest absolute Gasteiger partial charge is 0.497 e. The van der Waals surface area contributed by atoms with Crippen LogP contribution in [0.1, 0.15) is 12.8 Å². The van der Waals surface area contributed by atoms with Gasteiger partial charge in [0.05, 0.1) is 6.26 Å². The number of rotatable bonds is 0. The highest BCUT2D eigenvalue weighted by atomic mass is 16.5. The molecular formula is C8H9NO2. The Morgan fingerprint density at radius 3 is 3.27 bits per heavy atom. The van der Waals surface area contributed by atoms with Gasteiger partial charge >= 0.3 is 0 Å². The quantitative estimate of drug-likeness (QED) is 0.553. The third-order valence-corrected chi connectivity index (χ3v) is 1.90. The first-order valence-corrected chi connectivity index (χ1v) is 3.66.